The third-order valence-electron chi connectivity index (χ3n) is 16.1. The van der Waals surface area contributed by atoms with Gasteiger partial charge in [0.05, 0.1) is 5.41 Å². The summed E-state index contributed by atoms with van der Waals surface area (Å²) in [5, 5.41) is 4.70. The Kier molecular flexibility index (Phi) is 8.08. The van der Waals surface area contributed by atoms with Gasteiger partial charge in [0.25, 0.3) is 0 Å². The van der Waals surface area contributed by atoms with Gasteiger partial charge in [-0.3, -0.25) is 0 Å². The lowest BCUT2D eigenvalue weighted by Crippen LogP contribution is -2.26. The fourth-order valence-corrected chi connectivity index (χ4v) is 12.9. The molecule has 0 aliphatic heterocycles. The van der Waals surface area contributed by atoms with Gasteiger partial charge in [-0.25, -0.2) is 0 Å². The summed E-state index contributed by atoms with van der Waals surface area (Å²) in [6, 6.07) is 88.1. The third kappa shape index (κ3) is 5.33. The van der Waals surface area contributed by atoms with Crippen molar-refractivity contribution >= 4 is 49.8 Å². The monoisotopic (exact) mass is 891 g/mol. The van der Waals surface area contributed by atoms with Gasteiger partial charge >= 0.3 is 0 Å². The van der Waals surface area contributed by atoms with Crippen molar-refractivity contribution in [3.63, 3.8) is 0 Å². The summed E-state index contributed by atoms with van der Waals surface area (Å²) in [6.07, 6.45) is 0. The van der Waals surface area contributed by atoms with Crippen molar-refractivity contribution in [1.29, 1.82) is 0 Å². The summed E-state index contributed by atoms with van der Waals surface area (Å²) in [7, 11) is 0. The zero-order valence-corrected chi connectivity index (χ0v) is 38.9. The van der Waals surface area contributed by atoms with Crippen molar-refractivity contribution in [3.8, 4) is 55.6 Å². The highest BCUT2D eigenvalue weighted by atomic mass is 16.3. The van der Waals surface area contributed by atoms with Crippen LogP contribution in [0, 0.1) is 0 Å². The first-order valence-electron chi connectivity index (χ1n) is 24.5. The molecule has 0 N–H and O–H groups in total. The quantitative estimate of drug-likeness (QED) is 0.171. The van der Waals surface area contributed by atoms with E-state index in [1.165, 1.54) is 94.2 Å². The Bertz CT molecular complexity index is 4120. The number of rotatable bonds is 5. The lowest BCUT2D eigenvalue weighted by atomic mass is 9.70. The summed E-state index contributed by atoms with van der Waals surface area (Å²) in [5.41, 5.74) is 25.2. The van der Waals surface area contributed by atoms with Crippen molar-refractivity contribution in [1.82, 2.24) is 0 Å². The molecule has 328 valence electrons. The van der Waals surface area contributed by atoms with Gasteiger partial charge in [-0.2, -0.15) is 0 Å². The SMILES string of the molecule is CC1(C)c2ccccc2-c2cc(-c3cccc4ccc(-c5cccc(N(c6ccc7c(c6)C6(c8ccccc8-c8ccccc86)c6ccccc6-7)c6ccc7c(c6)oc6ccccc67)c5)cc34)ccc21. The van der Waals surface area contributed by atoms with Crippen molar-refractivity contribution < 1.29 is 4.42 Å². The fraction of sp³-hybridized carbons (Fsp3) is 0.0588. The van der Waals surface area contributed by atoms with Crippen LogP contribution in [0.4, 0.5) is 17.1 Å². The molecule has 12 aromatic rings. The summed E-state index contributed by atoms with van der Waals surface area (Å²) in [6.45, 7) is 4.70. The van der Waals surface area contributed by atoms with Crippen LogP contribution in [-0.2, 0) is 10.8 Å². The fourth-order valence-electron chi connectivity index (χ4n) is 12.9. The predicted molar refractivity (Wildman–Crippen MR) is 291 cm³/mol. The van der Waals surface area contributed by atoms with Gasteiger partial charge in [-0.1, -0.05) is 190 Å². The van der Waals surface area contributed by atoms with Crippen LogP contribution in [0.15, 0.2) is 241 Å². The van der Waals surface area contributed by atoms with Crippen molar-refractivity contribution in [2.45, 2.75) is 24.7 Å². The Labute approximate surface area is 407 Å². The molecule has 3 aliphatic carbocycles. The van der Waals surface area contributed by atoms with E-state index in [0.29, 0.717) is 0 Å². The smallest absolute Gasteiger partial charge is 0.137 e. The topological polar surface area (TPSA) is 16.4 Å². The molecule has 0 saturated carbocycles. The maximum Gasteiger partial charge on any atom is 0.137 e. The Hall–Kier alpha value is -8.72. The van der Waals surface area contributed by atoms with E-state index in [9.17, 15) is 0 Å². The number of nitrogens with zero attached hydrogens (tertiary/aromatic N) is 1. The number of anilines is 3. The molecular formula is C68H45NO. The van der Waals surface area contributed by atoms with Crippen molar-refractivity contribution in [2.24, 2.45) is 0 Å². The van der Waals surface area contributed by atoms with Gasteiger partial charge in [0.2, 0.25) is 0 Å². The molecule has 0 atom stereocenters. The van der Waals surface area contributed by atoms with Gasteiger partial charge in [0.1, 0.15) is 11.2 Å². The van der Waals surface area contributed by atoms with Crippen LogP contribution in [0.1, 0.15) is 47.2 Å². The highest BCUT2D eigenvalue weighted by molar-refractivity contribution is 6.07. The van der Waals surface area contributed by atoms with E-state index in [0.717, 1.165) is 44.6 Å². The van der Waals surface area contributed by atoms with Gasteiger partial charge in [0.15, 0.2) is 0 Å². The average Bonchev–Trinajstić information content (AvgIpc) is 4.10. The number of furan rings is 1. The zero-order valence-electron chi connectivity index (χ0n) is 38.9. The lowest BCUT2D eigenvalue weighted by molar-refractivity contribution is 0.660. The summed E-state index contributed by atoms with van der Waals surface area (Å²) >= 11 is 0. The van der Waals surface area contributed by atoms with Crippen LogP contribution in [0.25, 0.3) is 88.3 Å². The number of hydrogen-bond donors (Lipinski definition) is 0. The molecule has 2 heteroatoms. The number of para-hydroxylation sites is 1. The highest BCUT2D eigenvalue weighted by Crippen LogP contribution is 2.63. The Morgan fingerprint density at radius 1 is 0.300 bits per heavy atom. The maximum atomic E-state index is 6.59. The molecule has 70 heavy (non-hydrogen) atoms. The minimum Gasteiger partial charge on any atom is -0.456 e. The van der Waals surface area contributed by atoms with E-state index >= 15 is 0 Å². The van der Waals surface area contributed by atoms with Gasteiger partial charge < -0.3 is 9.32 Å². The molecule has 0 unspecified atom stereocenters. The van der Waals surface area contributed by atoms with E-state index in [1.54, 1.807) is 0 Å². The second-order valence-electron chi connectivity index (χ2n) is 20.0. The molecule has 0 amide bonds. The zero-order chi connectivity index (χ0) is 46.3. The normalized spacial score (nSPS) is 14.1. The third-order valence-corrected chi connectivity index (χ3v) is 16.1. The van der Waals surface area contributed by atoms with Crippen molar-refractivity contribution in [2.75, 3.05) is 4.90 Å². The predicted octanol–water partition coefficient (Wildman–Crippen LogP) is 18.2. The molecule has 0 saturated heterocycles. The summed E-state index contributed by atoms with van der Waals surface area (Å²) in [5.74, 6) is 0. The molecule has 2 nitrogen and oxygen atoms in total. The molecule has 3 aliphatic rings. The first-order valence-corrected chi connectivity index (χ1v) is 24.5. The standard InChI is InChI=1S/C68H45NO/c1-67(2)59-24-8-3-21-53(59)58-39-45(31-36-60(58)67)49-23-14-15-42-29-30-44(38-57(42)49)43-16-13-17-46(37-43)69(48-33-35-56-55-22-7-12-28-65(55)70-66(56)41-48)47-32-34-54-52-20-6-11-27-63(52)68(64(54)40-47)61-25-9-4-18-50(61)51-19-5-10-26-62(51)68/h3-41H,1-2H3. The van der Waals surface area contributed by atoms with Gasteiger partial charge in [-0.15, -0.1) is 0 Å². The Morgan fingerprint density at radius 2 is 0.843 bits per heavy atom. The van der Waals surface area contributed by atoms with E-state index in [4.69, 9.17) is 4.42 Å². The molecule has 0 bridgehead atoms. The summed E-state index contributed by atoms with van der Waals surface area (Å²) < 4.78 is 6.59. The Morgan fingerprint density at radius 3 is 1.60 bits per heavy atom. The molecule has 1 aromatic heterocycles. The molecule has 0 fully saturated rings. The number of fused-ring (bicyclic) bond motifs is 17. The van der Waals surface area contributed by atoms with E-state index < -0.39 is 5.41 Å². The van der Waals surface area contributed by atoms with Crippen LogP contribution >= 0.6 is 0 Å². The number of hydrogen-bond acceptors (Lipinski definition) is 2. The molecular weight excluding hydrogens is 847 g/mol. The van der Waals surface area contributed by atoms with Crippen LogP contribution in [0.2, 0.25) is 0 Å². The molecule has 15 rings (SSSR count). The maximum absolute atomic E-state index is 6.59. The highest BCUT2D eigenvalue weighted by Gasteiger charge is 2.51. The average molecular weight is 892 g/mol. The van der Waals surface area contributed by atoms with Crippen LogP contribution < -0.4 is 4.90 Å². The van der Waals surface area contributed by atoms with E-state index in [-0.39, 0.29) is 5.41 Å². The second kappa shape index (κ2) is 14.4. The lowest BCUT2D eigenvalue weighted by Gasteiger charge is -2.32. The van der Waals surface area contributed by atoms with Crippen LogP contribution in [0.3, 0.4) is 0 Å². The summed E-state index contributed by atoms with van der Waals surface area (Å²) in [4.78, 5) is 2.43. The first-order chi connectivity index (χ1) is 34.4. The molecule has 11 aromatic carbocycles. The largest absolute Gasteiger partial charge is 0.456 e. The van der Waals surface area contributed by atoms with Crippen molar-refractivity contribution in [3.05, 3.63) is 270 Å². The molecule has 0 radical (unpaired) electrons. The Balaban J connectivity index is 0.911. The second-order valence-corrected chi connectivity index (χ2v) is 20.0. The molecule has 1 spiro atoms. The van der Waals surface area contributed by atoms with Crippen LogP contribution in [-0.4, -0.2) is 0 Å². The first kappa shape index (κ1) is 39.3. The number of benzene rings is 11. The molecule has 1 heterocycles. The van der Waals surface area contributed by atoms with Crippen LogP contribution in [0.5, 0.6) is 0 Å². The van der Waals surface area contributed by atoms with Gasteiger partial charge in [-0.05, 0) is 154 Å². The minimum absolute atomic E-state index is 0.0351. The minimum atomic E-state index is -0.466. The van der Waals surface area contributed by atoms with E-state index in [1.807, 2.05) is 6.07 Å². The van der Waals surface area contributed by atoms with E-state index in [2.05, 4.69) is 249 Å². The van der Waals surface area contributed by atoms with Gasteiger partial charge in [0, 0.05) is 39.3 Å².